The van der Waals surface area contributed by atoms with Crippen LogP contribution in [0.3, 0.4) is 0 Å². The average Bonchev–Trinajstić information content (AvgIpc) is 3.24. The molecule has 5 rings (SSSR count). The molecule has 33 heavy (non-hydrogen) atoms. The number of hydrogen-bond donors (Lipinski definition) is 0. The van der Waals surface area contributed by atoms with Crippen molar-refractivity contribution in [3.05, 3.63) is 116 Å². The molecule has 0 saturated carbocycles. The van der Waals surface area contributed by atoms with Gasteiger partial charge in [-0.25, -0.2) is 0 Å². The van der Waals surface area contributed by atoms with Crippen molar-refractivity contribution >= 4 is 3.21 Å². The molecular weight excluding hydrogens is 522 g/mol. The topological polar surface area (TPSA) is 0 Å². The Morgan fingerprint density at radius 2 is 1.24 bits per heavy atom. The van der Waals surface area contributed by atoms with E-state index in [-0.39, 0.29) is 24.8 Å². The van der Waals surface area contributed by atoms with Crippen LogP contribution in [0.25, 0.3) is 11.1 Å². The number of hydrogen-bond acceptors (Lipinski definition) is 0. The smallest absolute Gasteiger partial charge is 1.00 e. The first kappa shape index (κ1) is 26.1. The number of rotatable bonds is 3. The van der Waals surface area contributed by atoms with Gasteiger partial charge in [-0.3, -0.25) is 0 Å². The van der Waals surface area contributed by atoms with Crippen LogP contribution in [0.4, 0.5) is 0 Å². The summed E-state index contributed by atoms with van der Waals surface area (Å²) in [7, 11) is 0. The van der Waals surface area contributed by atoms with E-state index in [4.69, 9.17) is 0 Å². The molecule has 3 heteroatoms. The SMILES string of the molecule is CC1=CC(C)[C](/[Zr+2](=[C](\C)c2ccc(C)cc2)[CH]2c3ccccc3-c3ccccc32)=C1C.[Cl-].[Cl-]. The van der Waals surface area contributed by atoms with E-state index in [0.717, 1.165) is 0 Å². The predicted octanol–water partition coefficient (Wildman–Crippen LogP) is 1.80. The zero-order chi connectivity index (χ0) is 21.7. The molecule has 0 N–H and O–H groups in total. The van der Waals surface area contributed by atoms with E-state index < -0.39 is 21.3 Å². The number of halogens is 2. The van der Waals surface area contributed by atoms with E-state index in [1.54, 1.807) is 23.2 Å². The van der Waals surface area contributed by atoms with Crippen LogP contribution in [0.2, 0.25) is 0 Å². The number of aryl methyl sites for hydroxylation is 1. The monoisotopic (exact) mass is 550 g/mol. The van der Waals surface area contributed by atoms with Crippen molar-refractivity contribution in [3.63, 3.8) is 0 Å². The van der Waals surface area contributed by atoms with Gasteiger partial charge in [-0.05, 0) is 0 Å². The minimum Gasteiger partial charge on any atom is -1.00 e. The maximum absolute atomic E-state index is 2.50. The second-order valence-electron chi connectivity index (χ2n) is 9.19. The van der Waals surface area contributed by atoms with Gasteiger partial charge >= 0.3 is 195 Å². The van der Waals surface area contributed by atoms with Gasteiger partial charge < -0.3 is 24.8 Å². The minimum absolute atomic E-state index is 0. The van der Waals surface area contributed by atoms with Crippen LogP contribution < -0.4 is 24.8 Å². The summed E-state index contributed by atoms with van der Waals surface area (Å²) in [5, 5.41) is 0. The van der Waals surface area contributed by atoms with Crippen molar-refractivity contribution in [1.82, 2.24) is 0 Å². The molecule has 0 nitrogen and oxygen atoms in total. The van der Waals surface area contributed by atoms with E-state index in [2.05, 4.69) is 113 Å². The van der Waals surface area contributed by atoms with Crippen LogP contribution in [-0.4, -0.2) is 3.21 Å². The van der Waals surface area contributed by atoms with Gasteiger partial charge in [0.15, 0.2) is 0 Å². The van der Waals surface area contributed by atoms with Gasteiger partial charge in [-0.1, -0.05) is 0 Å². The predicted molar refractivity (Wildman–Crippen MR) is 130 cm³/mol. The molecule has 2 aliphatic carbocycles. The Morgan fingerprint density at radius 1 is 0.727 bits per heavy atom. The Balaban J connectivity index is 0.00000153. The molecule has 1 atom stereocenters. The maximum Gasteiger partial charge on any atom is -1.00 e. The molecule has 0 bridgehead atoms. The molecule has 168 valence electrons. The molecule has 0 spiro atoms. The largest absolute Gasteiger partial charge is 1.00 e. The summed E-state index contributed by atoms with van der Waals surface area (Å²) in [4.78, 5) is 0. The van der Waals surface area contributed by atoms with Gasteiger partial charge in [-0.15, -0.1) is 0 Å². The van der Waals surface area contributed by atoms with E-state index >= 15 is 0 Å². The van der Waals surface area contributed by atoms with Crippen LogP contribution in [0.1, 0.15) is 53.6 Å². The van der Waals surface area contributed by atoms with Crippen LogP contribution in [-0.2, 0) is 21.3 Å². The second kappa shape index (κ2) is 10.4. The first-order valence-electron chi connectivity index (χ1n) is 11.3. The first-order valence-corrected chi connectivity index (χ1v) is 15.2. The Hall–Kier alpha value is -1.53. The molecule has 0 amide bonds. The fraction of sp³-hybridized carbons (Fsp3) is 0.233. The van der Waals surface area contributed by atoms with E-state index in [1.165, 1.54) is 27.8 Å². The molecule has 3 aromatic rings. The van der Waals surface area contributed by atoms with Crippen LogP contribution in [0.5, 0.6) is 0 Å². The molecule has 0 heterocycles. The van der Waals surface area contributed by atoms with Gasteiger partial charge in [-0.2, -0.15) is 0 Å². The van der Waals surface area contributed by atoms with Crippen molar-refractivity contribution in [2.75, 3.05) is 0 Å². The van der Waals surface area contributed by atoms with Gasteiger partial charge in [0, 0.05) is 0 Å². The fourth-order valence-electron chi connectivity index (χ4n) is 5.58. The van der Waals surface area contributed by atoms with Gasteiger partial charge in [0.1, 0.15) is 0 Å². The summed E-state index contributed by atoms with van der Waals surface area (Å²) in [6.45, 7) is 11.7. The Labute approximate surface area is 218 Å². The van der Waals surface area contributed by atoms with Crippen molar-refractivity contribution < 1.29 is 46.1 Å². The minimum atomic E-state index is -2.35. The summed E-state index contributed by atoms with van der Waals surface area (Å²) in [5.74, 6) is 0.551. The molecule has 0 aliphatic heterocycles. The third kappa shape index (κ3) is 4.45. The molecule has 0 fully saturated rings. The van der Waals surface area contributed by atoms with Crippen molar-refractivity contribution in [3.8, 4) is 11.1 Å². The van der Waals surface area contributed by atoms with Crippen molar-refractivity contribution in [2.45, 2.75) is 38.2 Å². The van der Waals surface area contributed by atoms with Crippen LogP contribution >= 0.6 is 0 Å². The van der Waals surface area contributed by atoms with Crippen molar-refractivity contribution in [2.24, 2.45) is 5.92 Å². The first-order chi connectivity index (χ1) is 15.0. The normalized spacial score (nSPS) is 16.9. The third-order valence-corrected chi connectivity index (χ3v) is 16.4. The zero-order valence-corrected chi connectivity index (χ0v) is 23.9. The van der Waals surface area contributed by atoms with E-state index in [9.17, 15) is 0 Å². The van der Waals surface area contributed by atoms with Crippen LogP contribution in [0, 0.1) is 12.8 Å². The molecule has 2 aliphatic rings. The van der Waals surface area contributed by atoms with E-state index in [0.29, 0.717) is 9.54 Å². The number of allylic oxidation sites excluding steroid dienone is 4. The summed E-state index contributed by atoms with van der Waals surface area (Å²) in [5.41, 5.74) is 11.8. The Kier molecular flexibility index (Phi) is 8.21. The van der Waals surface area contributed by atoms with Gasteiger partial charge in [0.2, 0.25) is 0 Å². The molecular formula is C30H30Cl2Zr. The third-order valence-electron chi connectivity index (χ3n) is 7.25. The average molecular weight is 553 g/mol. The molecule has 0 saturated heterocycles. The Morgan fingerprint density at radius 3 is 1.73 bits per heavy atom. The summed E-state index contributed by atoms with van der Waals surface area (Å²) >= 11 is -2.35. The fourth-order valence-corrected chi connectivity index (χ4v) is 15.2. The maximum atomic E-state index is 2.50. The van der Waals surface area contributed by atoms with Crippen LogP contribution in [0.15, 0.2) is 93.3 Å². The number of benzene rings is 3. The summed E-state index contributed by atoms with van der Waals surface area (Å²) < 4.78 is 4.00. The number of fused-ring (bicyclic) bond motifs is 3. The molecule has 3 aromatic carbocycles. The van der Waals surface area contributed by atoms with Crippen molar-refractivity contribution in [1.29, 1.82) is 0 Å². The zero-order valence-electron chi connectivity index (χ0n) is 19.9. The summed E-state index contributed by atoms with van der Waals surface area (Å²) in [6, 6.07) is 27.6. The van der Waals surface area contributed by atoms with Gasteiger partial charge in [0.25, 0.3) is 0 Å². The molecule has 1 unspecified atom stereocenters. The standard InChI is InChI=1S/C13H9.C9H10.C8H11.2ClH.Zr/c1-3-7-12-10(5-1)9-11-6-2-4-8-13(11)12;1-3-9-6-4-8(2)5-7-9;1-6-4-7(2)8(3)5-6;;;/h1-9H;4-7H,1-2H3;4,6H,1-3H3;2*1H;/q;;;;;+2/p-2. The molecule has 0 aromatic heterocycles. The molecule has 0 radical (unpaired) electrons. The second-order valence-corrected chi connectivity index (χ2v) is 15.8. The summed E-state index contributed by atoms with van der Waals surface area (Å²) in [6.07, 6.45) is 2.50. The Bertz CT molecular complexity index is 1230. The van der Waals surface area contributed by atoms with Gasteiger partial charge in [0.05, 0.1) is 0 Å². The van der Waals surface area contributed by atoms with E-state index in [1.807, 2.05) is 0 Å². The quantitative estimate of drug-likeness (QED) is 0.465.